The minimum atomic E-state index is -4.83. The summed E-state index contributed by atoms with van der Waals surface area (Å²) in [5, 5.41) is 3.17. The van der Waals surface area contributed by atoms with Crippen LogP contribution in [0.4, 0.5) is 23.2 Å². The number of nitrogens with two attached hydrogens (primary N) is 1. The van der Waals surface area contributed by atoms with Crippen molar-refractivity contribution in [2.75, 3.05) is 5.32 Å². The number of fused-ring (bicyclic) bond motifs is 1. The number of amides is 2. The summed E-state index contributed by atoms with van der Waals surface area (Å²) >= 11 is 0. The van der Waals surface area contributed by atoms with Crippen LogP contribution in [0.3, 0.4) is 0 Å². The van der Waals surface area contributed by atoms with Crippen LogP contribution in [0.15, 0.2) is 47.3 Å². The van der Waals surface area contributed by atoms with Gasteiger partial charge in [-0.05, 0) is 42.8 Å². The third-order valence-electron chi connectivity index (χ3n) is 4.78. The second-order valence-corrected chi connectivity index (χ2v) is 6.98. The minimum absolute atomic E-state index is 0.0455. The molecule has 6 nitrogen and oxygen atoms in total. The van der Waals surface area contributed by atoms with Gasteiger partial charge in [0.05, 0.1) is 17.9 Å². The molecule has 0 saturated carbocycles. The molecule has 10 heteroatoms. The molecule has 0 fully saturated rings. The summed E-state index contributed by atoms with van der Waals surface area (Å²) in [6.07, 6.45) is -5.22. The van der Waals surface area contributed by atoms with Crippen molar-refractivity contribution >= 4 is 28.3 Å². The van der Waals surface area contributed by atoms with Crippen LogP contribution in [-0.4, -0.2) is 16.8 Å². The number of carbonyl (C=O) groups excluding carboxylic acids is 2. The Hall–Kier alpha value is -3.69. The fourth-order valence-electron chi connectivity index (χ4n) is 3.08. The SMILES string of the molecule is C[C@H](C(N)=O)c1cc2c(NC(=O)Cc3ccc(C(F)(F)F)c(F)c3)cccc2c(=O)[nH]1. The van der Waals surface area contributed by atoms with Crippen molar-refractivity contribution in [1.29, 1.82) is 0 Å². The normalized spacial score (nSPS) is 12.5. The van der Waals surface area contributed by atoms with E-state index in [9.17, 15) is 31.9 Å². The Morgan fingerprint density at radius 3 is 2.45 bits per heavy atom. The van der Waals surface area contributed by atoms with Gasteiger partial charge in [-0.25, -0.2) is 4.39 Å². The van der Waals surface area contributed by atoms with Gasteiger partial charge in [0.25, 0.3) is 5.56 Å². The first kappa shape index (κ1) is 22.0. The van der Waals surface area contributed by atoms with E-state index in [-0.39, 0.29) is 28.8 Å². The average molecular weight is 435 g/mol. The van der Waals surface area contributed by atoms with Crippen LogP contribution in [0.25, 0.3) is 10.8 Å². The number of hydrogen-bond acceptors (Lipinski definition) is 3. The van der Waals surface area contributed by atoms with Crippen LogP contribution < -0.4 is 16.6 Å². The lowest BCUT2D eigenvalue weighted by molar-refractivity contribution is -0.140. The third-order valence-corrected chi connectivity index (χ3v) is 4.78. The van der Waals surface area contributed by atoms with E-state index in [1.54, 1.807) is 0 Å². The molecule has 31 heavy (non-hydrogen) atoms. The van der Waals surface area contributed by atoms with E-state index >= 15 is 0 Å². The van der Waals surface area contributed by atoms with Crippen molar-refractivity contribution in [2.45, 2.75) is 25.4 Å². The van der Waals surface area contributed by atoms with Gasteiger partial charge in [0, 0.05) is 22.2 Å². The number of rotatable bonds is 5. The number of carbonyl (C=O) groups is 2. The maximum absolute atomic E-state index is 13.7. The summed E-state index contributed by atoms with van der Waals surface area (Å²) in [6.45, 7) is 1.51. The van der Waals surface area contributed by atoms with Gasteiger partial charge in [0.15, 0.2) is 0 Å². The van der Waals surface area contributed by atoms with Crippen molar-refractivity contribution < 1.29 is 27.2 Å². The monoisotopic (exact) mass is 435 g/mol. The number of nitrogens with one attached hydrogen (secondary N) is 2. The highest BCUT2D eigenvalue weighted by Crippen LogP contribution is 2.31. The molecule has 0 saturated heterocycles. The molecule has 4 N–H and O–H groups in total. The highest BCUT2D eigenvalue weighted by Gasteiger charge is 2.34. The summed E-state index contributed by atoms with van der Waals surface area (Å²) in [5.41, 5.74) is 3.94. The minimum Gasteiger partial charge on any atom is -0.369 e. The summed E-state index contributed by atoms with van der Waals surface area (Å²) < 4.78 is 51.8. The van der Waals surface area contributed by atoms with Crippen LogP contribution in [0.2, 0.25) is 0 Å². The highest BCUT2D eigenvalue weighted by atomic mass is 19.4. The Labute approximate surface area is 173 Å². The van der Waals surface area contributed by atoms with E-state index in [1.807, 2.05) is 0 Å². The third kappa shape index (κ3) is 4.73. The average Bonchev–Trinajstić information content (AvgIpc) is 2.66. The van der Waals surface area contributed by atoms with Gasteiger partial charge in [0.2, 0.25) is 11.8 Å². The molecule has 0 aliphatic rings. The van der Waals surface area contributed by atoms with Crippen LogP contribution in [0, 0.1) is 5.82 Å². The summed E-state index contributed by atoms with van der Waals surface area (Å²) in [5.74, 6) is -3.53. The molecule has 0 unspecified atom stereocenters. The Bertz CT molecular complexity index is 1230. The second-order valence-electron chi connectivity index (χ2n) is 6.98. The first-order chi connectivity index (χ1) is 14.5. The van der Waals surface area contributed by atoms with Gasteiger partial charge < -0.3 is 16.0 Å². The zero-order chi connectivity index (χ0) is 22.9. The number of aromatic amines is 1. The molecular formula is C21H17F4N3O3. The van der Waals surface area contributed by atoms with Crippen molar-refractivity contribution in [3.63, 3.8) is 0 Å². The lowest BCUT2D eigenvalue weighted by Crippen LogP contribution is -2.22. The number of pyridine rings is 1. The van der Waals surface area contributed by atoms with Gasteiger partial charge in [-0.2, -0.15) is 13.2 Å². The molecule has 3 aromatic rings. The van der Waals surface area contributed by atoms with Gasteiger partial charge in [0.1, 0.15) is 5.82 Å². The van der Waals surface area contributed by atoms with Crippen LogP contribution in [-0.2, 0) is 22.2 Å². The van der Waals surface area contributed by atoms with Crippen molar-refractivity contribution in [2.24, 2.45) is 5.73 Å². The van der Waals surface area contributed by atoms with E-state index in [2.05, 4.69) is 10.3 Å². The summed E-state index contributed by atoms with van der Waals surface area (Å²) in [7, 11) is 0. The molecule has 3 rings (SSSR count). The quantitative estimate of drug-likeness (QED) is 0.535. The lowest BCUT2D eigenvalue weighted by Gasteiger charge is -2.13. The highest BCUT2D eigenvalue weighted by molar-refractivity contribution is 6.02. The maximum atomic E-state index is 13.7. The van der Waals surface area contributed by atoms with Crippen molar-refractivity contribution in [1.82, 2.24) is 4.98 Å². The maximum Gasteiger partial charge on any atom is 0.419 e. The number of alkyl halides is 3. The number of H-pyrrole nitrogens is 1. The Morgan fingerprint density at radius 2 is 1.84 bits per heavy atom. The predicted molar refractivity (Wildman–Crippen MR) is 106 cm³/mol. The van der Waals surface area contributed by atoms with E-state index in [0.29, 0.717) is 17.5 Å². The number of benzene rings is 2. The van der Waals surface area contributed by atoms with Crippen molar-refractivity contribution in [3.05, 3.63) is 75.5 Å². The van der Waals surface area contributed by atoms with Crippen LogP contribution >= 0.6 is 0 Å². The first-order valence-corrected chi connectivity index (χ1v) is 9.08. The number of hydrogen-bond donors (Lipinski definition) is 3. The van der Waals surface area contributed by atoms with E-state index in [1.165, 1.54) is 31.2 Å². The molecular weight excluding hydrogens is 418 g/mol. The topological polar surface area (TPSA) is 105 Å². The van der Waals surface area contributed by atoms with Crippen molar-refractivity contribution in [3.8, 4) is 0 Å². The number of primary amides is 1. The smallest absolute Gasteiger partial charge is 0.369 e. The lowest BCUT2D eigenvalue weighted by atomic mass is 10.0. The molecule has 2 amide bonds. The summed E-state index contributed by atoms with van der Waals surface area (Å²) in [4.78, 5) is 38.8. The molecule has 1 atom stereocenters. The number of anilines is 1. The Kier molecular flexibility index (Phi) is 5.83. The van der Waals surface area contributed by atoms with E-state index in [4.69, 9.17) is 5.73 Å². The van der Waals surface area contributed by atoms with Gasteiger partial charge in [-0.1, -0.05) is 12.1 Å². The Balaban J connectivity index is 1.89. The van der Waals surface area contributed by atoms with Gasteiger partial charge >= 0.3 is 6.18 Å². The van der Waals surface area contributed by atoms with Gasteiger partial charge in [-0.3, -0.25) is 14.4 Å². The molecule has 0 radical (unpaired) electrons. The predicted octanol–water partition coefficient (Wildman–Crippen LogP) is 3.46. The molecule has 0 spiro atoms. The van der Waals surface area contributed by atoms with Crippen LogP contribution in [0.5, 0.6) is 0 Å². The molecule has 1 aromatic heterocycles. The standard InChI is InChI=1S/C21H17F4N3O3/c1-10(19(26)30)17-9-13-12(20(31)28-17)3-2-4-16(13)27-18(29)8-11-5-6-14(15(22)7-11)21(23,24)25/h2-7,9-10H,8H2,1H3,(H2,26,30)(H,27,29)(H,28,31)/t10-/m0/s1. The molecule has 162 valence electrons. The van der Waals surface area contributed by atoms with E-state index in [0.717, 1.165) is 6.07 Å². The van der Waals surface area contributed by atoms with Gasteiger partial charge in [-0.15, -0.1) is 0 Å². The zero-order valence-electron chi connectivity index (χ0n) is 16.1. The molecule has 2 aromatic carbocycles. The Morgan fingerprint density at radius 1 is 1.13 bits per heavy atom. The zero-order valence-corrected chi connectivity index (χ0v) is 16.1. The van der Waals surface area contributed by atoms with E-state index < -0.39 is 40.8 Å². The fourth-order valence-corrected chi connectivity index (χ4v) is 3.08. The largest absolute Gasteiger partial charge is 0.419 e. The molecule has 0 bridgehead atoms. The number of aromatic nitrogens is 1. The molecule has 1 heterocycles. The number of halogens is 4. The summed E-state index contributed by atoms with van der Waals surface area (Å²) in [6, 6.07) is 8.34. The molecule has 0 aliphatic carbocycles. The van der Waals surface area contributed by atoms with Crippen LogP contribution in [0.1, 0.15) is 29.7 Å². The molecule has 0 aliphatic heterocycles. The second kappa shape index (κ2) is 8.21. The fraction of sp³-hybridized carbons (Fsp3) is 0.190. The first-order valence-electron chi connectivity index (χ1n) is 9.08.